The lowest BCUT2D eigenvalue weighted by molar-refractivity contribution is -0.141. The van der Waals surface area contributed by atoms with Gasteiger partial charge in [-0.25, -0.2) is 0 Å². The van der Waals surface area contributed by atoms with Crippen molar-refractivity contribution in [3.8, 4) is 0 Å². The molecule has 5 heteroatoms. The normalized spacial score (nSPS) is 18.8. The van der Waals surface area contributed by atoms with Crippen LogP contribution in [0.2, 0.25) is 0 Å². The number of allylic oxidation sites excluding steroid dienone is 3. The van der Waals surface area contributed by atoms with Crippen LogP contribution in [0.4, 0.5) is 0 Å². The van der Waals surface area contributed by atoms with Crippen molar-refractivity contribution in [3.63, 3.8) is 0 Å². The summed E-state index contributed by atoms with van der Waals surface area (Å²) >= 11 is 0. The SMILES string of the molecule is C/C=C/C=C/C(=O)N(CCC(=O)OC)CC1CCCO1. The van der Waals surface area contributed by atoms with Gasteiger partial charge >= 0.3 is 5.97 Å². The van der Waals surface area contributed by atoms with E-state index in [0.717, 1.165) is 19.4 Å². The van der Waals surface area contributed by atoms with Gasteiger partial charge in [0.1, 0.15) is 0 Å². The third-order valence-electron chi connectivity index (χ3n) is 3.12. The first-order valence-corrected chi connectivity index (χ1v) is 6.94. The van der Waals surface area contributed by atoms with Crippen molar-refractivity contribution in [2.75, 3.05) is 26.8 Å². The highest BCUT2D eigenvalue weighted by molar-refractivity contribution is 5.88. The molecule has 1 rings (SSSR count). The van der Waals surface area contributed by atoms with Crippen LogP contribution in [0.3, 0.4) is 0 Å². The Balaban J connectivity index is 2.56. The molecule has 112 valence electrons. The average molecular weight is 281 g/mol. The van der Waals surface area contributed by atoms with Crippen LogP contribution in [0.15, 0.2) is 24.3 Å². The Bertz CT molecular complexity index is 370. The molecule has 1 saturated heterocycles. The fraction of sp³-hybridized carbons (Fsp3) is 0.600. The quantitative estimate of drug-likeness (QED) is 0.405. The number of hydrogen-bond acceptors (Lipinski definition) is 4. The lowest BCUT2D eigenvalue weighted by Crippen LogP contribution is -2.37. The van der Waals surface area contributed by atoms with Crippen molar-refractivity contribution < 1.29 is 19.1 Å². The molecule has 0 saturated carbocycles. The smallest absolute Gasteiger partial charge is 0.307 e. The van der Waals surface area contributed by atoms with Gasteiger partial charge in [-0.1, -0.05) is 18.2 Å². The van der Waals surface area contributed by atoms with Gasteiger partial charge in [0.2, 0.25) is 5.91 Å². The molecule has 0 aromatic heterocycles. The molecule has 1 heterocycles. The van der Waals surface area contributed by atoms with Crippen LogP contribution in [0.1, 0.15) is 26.2 Å². The number of esters is 1. The number of nitrogens with zero attached hydrogens (tertiary/aromatic N) is 1. The highest BCUT2D eigenvalue weighted by Gasteiger charge is 2.21. The van der Waals surface area contributed by atoms with E-state index in [1.165, 1.54) is 13.2 Å². The summed E-state index contributed by atoms with van der Waals surface area (Å²) in [5, 5.41) is 0. The first kappa shape index (κ1) is 16.4. The Kier molecular flexibility index (Phi) is 7.65. The minimum Gasteiger partial charge on any atom is -0.469 e. The van der Waals surface area contributed by atoms with E-state index in [1.54, 1.807) is 17.1 Å². The van der Waals surface area contributed by atoms with Crippen LogP contribution < -0.4 is 0 Å². The number of carbonyl (C=O) groups is 2. The number of carbonyl (C=O) groups excluding carboxylic acids is 2. The van der Waals surface area contributed by atoms with Crippen molar-refractivity contribution >= 4 is 11.9 Å². The molecule has 1 aliphatic rings. The van der Waals surface area contributed by atoms with Crippen LogP contribution in [-0.2, 0) is 19.1 Å². The fourth-order valence-electron chi connectivity index (χ4n) is 2.01. The first-order valence-electron chi connectivity index (χ1n) is 6.94. The fourth-order valence-corrected chi connectivity index (χ4v) is 2.01. The number of hydrogen-bond donors (Lipinski definition) is 0. The van der Waals surface area contributed by atoms with E-state index in [-0.39, 0.29) is 24.4 Å². The molecular weight excluding hydrogens is 258 g/mol. The van der Waals surface area contributed by atoms with Gasteiger partial charge in [0.05, 0.1) is 19.6 Å². The van der Waals surface area contributed by atoms with Crippen molar-refractivity contribution in [1.29, 1.82) is 0 Å². The third kappa shape index (κ3) is 6.02. The van der Waals surface area contributed by atoms with Crippen LogP contribution >= 0.6 is 0 Å². The van der Waals surface area contributed by atoms with E-state index < -0.39 is 0 Å². The second-order valence-corrected chi connectivity index (χ2v) is 4.63. The van der Waals surface area contributed by atoms with Gasteiger partial charge in [-0.2, -0.15) is 0 Å². The van der Waals surface area contributed by atoms with Gasteiger partial charge in [-0.05, 0) is 19.8 Å². The summed E-state index contributed by atoms with van der Waals surface area (Å²) in [5.41, 5.74) is 0. The van der Waals surface area contributed by atoms with Gasteiger partial charge in [-0.3, -0.25) is 9.59 Å². The molecule has 0 spiro atoms. The zero-order valence-corrected chi connectivity index (χ0v) is 12.2. The maximum atomic E-state index is 12.1. The Labute approximate surface area is 120 Å². The maximum Gasteiger partial charge on any atom is 0.307 e. The van der Waals surface area contributed by atoms with Crippen molar-refractivity contribution in [2.45, 2.75) is 32.3 Å². The monoisotopic (exact) mass is 281 g/mol. The maximum absolute atomic E-state index is 12.1. The van der Waals surface area contributed by atoms with Gasteiger partial charge in [0, 0.05) is 25.8 Å². The molecule has 1 unspecified atom stereocenters. The number of methoxy groups -OCH3 is 1. The Morgan fingerprint density at radius 2 is 2.20 bits per heavy atom. The van der Waals surface area contributed by atoms with Crippen molar-refractivity contribution in [3.05, 3.63) is 24.3 Å². The van der Waals surface area contributed by atoms with E-state index in [1.807, 2.05) is 13.0 Å². The standard InChI is InChI=1S/C15H23NO4/c1-3-4-5-8-14(17)16(10-9-15(18)19-2)12-13-7-6-11-20-13/h3-5,8,13H,6-7,9-12H2,1-2H3/b4-3+,8-5+. The summed E-state index contributed by atoms with van der Waals surface area (Å²) in [7, 11) is 1.35. The zero-order valence-electron chi connectivity index (χ0n) is 12.2. The summed E-state index contributed by atoms with van der Waals surface area (Å²) in [6.45, 7) is 3.51. The van der Waals surface area contributed by atoms with E-state index in [9.17, 15) is 9.59 Å². The molecule has 0 aromatic rings. The molecule has 20 heavy (non-hydrogen) atoms. The second kappa shape index (κ2) is 9.31. The molecule has 0 bridgehead atoms. The van der Waals surface area contributed by atoms with E-state index in [0.29, 0.717) is 13.1 Å². The van der Waals surface area contributed by atoms with Gasteiger partial charge < -0.3 is 14.4 Å². The Hall–Kier alpha value is -1.62. The zero-order chi connectivity index (χ0) is 14.8. The molecule has 0 aromatic carbocycles. The van der Waals surface area contributed by atoms with Gasteiger partial charge in [-0.15, -0.1) is 0 Å². The van der Waals surface area contributed by atoms with Crippen LogP contribution in [0.25, 0.3) is 0 Å². The predicted octanol–water partition coefficient (Wildman–Crippen LogP) is 1.69. The molecule has 1 fully saturated rings. The first-order chi connectivity index (χ1) is 9.67. The molecule has 5 nitrogen and oxygen atoms in total. The summed E-state index contributed by atoms with van der Waals surface area (Å²) in [5.74, 6) is -0.421. The molecule has 1 aliphatic heterocycles. The number of ether oxygens (including phenoxy) is 2. The molecule has 0 radical (unpaired) electrons. The number of rotatable bonds is 7. The molecule has 1 atom stereocenters. The summed E-state index contributed by atoms with van der Waals surface area (Å²) in [6, 6.07) is 0. The van der Waals surface area contributed by atoms with Crippen molar-refractivity contribution in [2.24, 2.45) is 0 Å². The lowest BCUT2D eigenvalue weighted by atomic mass is 10.2. The van der Waals surface area contributed by atoms with Crippen LogP contribution in [0.5, 0.6) is 0 Å². The predicted molar refractivity (Wildman–Crippen MR) is 76.1 cm³/mol. The Morgan fingerprint density at radius 3 is 2.80 bits per heavy atom. The molecular formula is C15H23NO4. The van der Waals surface area contributed by atoms with Gasteiger partial charge in [0.15, 0.2) is 0 Å². The highest BCUT2D eigenvalue weighted by atomic mass is 16.5. The van der Waals surface area contributed by atoms with Crippen LogP contribution in [-0.4, -0.2) is 49.7 Å². The average Bonchev–Trinajstić information content (AvgIpc) is 2.96. The molecule has 1 amide bonds. The Morgan fingerprint density at radius 1 is 1.40 bits per heavy atom. The van der Waals surface area contributed by atoms with Gasteiger partial charge in [0.25, 0.3) is 0 Å². The summed E-state index contributed by atoms with van der Waals surface area (Å²) in [4.78, 5) is 25.0. The van der Waals surface area contributed by atoms with E-state index >= 15 is 0 Å². The van der Waals surface area contributed by atoms with E-state index in [4.69, 9.17) is 4.74 Å². The largest absolute Gasteiger partial charge is 0.469 e. The summed E-state index contributed by atoms with van der Waals surface area (Å²) < 4.78 is 10.2. The highest BCUT2D eigenvalue weighted by Crippen LogP contribution is 2.14. The molecule has 0 aliphatic carbocycles. The minimum absolute atomic E-state index is 0.0757. The van der Waals surface area contributed by atoms with Crippen molar-refractivity contribution in [1.82, 2.24) is 4.90 Å². The second-order valence-electron chi connectivity index (χ2n) is 4.63. The lowest BCUT2D eigenvalue weighted by Gasteiger charge is -2.23. The van der Waals surface area contributed by atoms with Crippen LogP contribution in [0, 0.1) is 0 Å². The summed E-state index contributed by atoms with van der Waals surface area (Å²) in [6.07, 6.45) is 9.11. The third-order valence-corrected chi connectivity index (χ3v) is 3.12. The number of amides is 1. The van der Waals surface area contributed by atoms with E-state index in [2.05, 4.69) is 4.74 Å². The minimum atomic E-state index is -0.312. The topological polar surface area (TPSA) is 55.8 Å². The molecule has 0 N–H and O–H groups in total.